The average molecular weight is 105 g/mol. The van der Waals surface area contributed by atoms with Gasteiger partial charge >= 0.3 is 0 Å². The molecule has 2 heteroatoms. The highest BCUT2D eigenvalue weighted by atomic mass is 31.1. The number of hydrogen-bond donors (Lipinski definition) is 1. The number of rotatable bonds is 2. The second kappa shape index (κ2) is 3.58. The topological polar surface area (TPSA) is 12.0 Å². The molecule has 0 aromatic carbocycles. The van der Waals surface area contributed by atoms with Crippen LogP contribution >= 0.6 is 8.73 Å². The van der Waals surface area contributed by atoms with Crippen molar-refractivity contribution in [1.29, 1.82) is 0 Å². The van der Waals surface area contributed by atoms with Crippen LogP contribution < -0.4 is 5.09 Å². The van der Waals surface area contributed by atoms with Gasteiger partial charge in [-0.2, -0.15) is 0 Å². The van der Waals surface area contributed by atoms with Crippen molar-refractivity contribution in [3.63, 3.8) is 0 Å². The van der Waals surface area contributed by atoms with Gasteiger partial charge in [0.25, 0.3) is 0 Å². The van der Waals surface area contributed by atoms with Crippen LogP contribution in [0, 0.1) is 0 Å². The third-order valence-corrected chi connectivity index (χ3v) is 1.30. The van der Waals surface area contributed by atoms with Crippen LogP contribution in [0.25, 0.3) is 0 Å². The first-order valence-corrected chi connectivity index (χ1v) is 3.27. The Bertz CT molecular complexity index is 28.7. The highest BCUT2D eigenvalue weighted by Gasteiger charge is 1.84. The van der Waals surface area contributed by atoms with E-state index in [1.807, 2.05) is 7.05 Å². The zero-order chi connectivity index (χ0) is 4.99. The van der Waals surface area contributed by atoms with Gasteiger partial charge < -0.3 is 5.09 Å². The second-order valence-electron chi connectivity index (χ2n) is 1.55. The van der Waals surface area contributed by atoms with E-state index in [0.717, 1.165) is 14.4 Å². The average Bonchev–Trinajstić information content (AvgIpc) is 1.35. The first-order chi connectivity index (χ1) is 2.77. The quantitative estimate of drug-likeness (QED) is 0.520. The van der Waals surface area contributed by atoms with E-state index < -0.39 is 0 Å². The molecule has 0 saturated heterocycles. The van der Waals surface area contributed by atoms with Gasteiger partial charge in [0, 0.05) is 0 Å². The van der Waals surface area contributed by atoms with E-state index in [0.29, 0.717) is 0 Å². The Morgan fingerprint density at radius 1 is 1.50 bits per heavy atom. The van der Waals surface area contributed by atoms with Crippen LogP contribution in [-0.4, -0.2) is 12.7 Å². The highest BCUT2D eigenvalue weighted by molar-refractivity contribution is 7.36. The summed E-state index contributed by atoms with van der Waals surface area (Å²) in [7, 11) is 2.91. The van der Waals surface area contributed by atoms with Gasteiger partial charge in [-0.25, -0.2) is 0 Å². The van der Waals surface area contributed by atoms with Crippen LogP contribution in [0.1, 0.15) is 13.8 Å². The summed E-state index contributed by atoms with van der Waals surface area (Å²) < 4.78 is 0. The van der Waals surface area contributed by atoms with E-state index in [4.69, 9.17) is 0 Å². The SMILES string of the molecule is CNPC(C)C. The Morgan fingerprint density at radius 3 is 2.00 bits per heavy atom. The Hall–Kier alpha value is 0.390. The summed E-state index contributed by atoms with van der Waals surface area (Å²) in [6, 6.07) is 0. The minimum atomic E-state index is 0.815. The van der Waals surface area contributed by atoms with E-state index in [1.165, 1.54) is 0 Å². The second-order valence-corrected chi connectivity index (χ2v) is 3.49. The molecule has 0 aliphatic carbocycles. The lowest BCUT2D eigenvalue weighted by Crippen LogP contribution is -1.94. The van der Waals surface area contributed by atoms with Gasteiger partial charge in [-0.15, -0.1) is 0 Å². The zero-order valence-electron chi connectivity index (χ0n) is 4.58. The molecule has 0 spiro atoms. The molecule has 1 atom stereocenters. The minimum Gasteiger partial charge on any atom is -0.301 e. The third-order valence-electron chi connectivity index (χ3n) is 0.433. The lowest BCUT2D eigenvalue weighted by Gasteiger charge is -1.98. The molecule has 0 bridgehead atoms. The first-order valence-electron chi connectivity index (χ1n) is 2.19. The fourth-order valence-corrected chi connectivity index (χ4v) is 0.866. The van der Waals surface area contributed by atoms with Crippen molar-refractivity contribution in [1.82, 2.24) is 5.09 Å². The number of hydrogen-bond acceptors (Lipinski definition) is 1. The summed E-state index contributed by atoms with van der Waals surface area (Å²) in [5.41, 5.74) is 0.815. The fourth-order valence-electron chi connectivity index (χ4n) is 0.289. The van der Waals surface area contributed by atoms with Crippen molar-refractivity contribution in [2.24, 2.45) is 0 Å². The molecule has 0 aliphatic rings. The molecule has 0 heterocycles. The van der Waals surface area contributed by atoms with E-state index >= 15 is 0 Å². The maximum absolute atomic E-state index is 3.09. The molecule has 1 nitrogen and oxygen atoms in total. The molecule has 0 amide bonds. The molecular formula is C4H12NP. The minimum absolute atomic E-state index is 0.815. The Morgan fingerprint density at radius 2 is 2.00 bits per heavy atom. The lowest BCUT2D eigenvalue weighted by molar-refractivity contribution is 1.07. The summed E-state index contributed by atoms with van der Waals surface area (Å²) in [4.78, 5) is 0. The molecule has 6 heavy (non-hydrogen) atoms. The molecule has 1 unspecified atom stereocenters. The summed E-state index contributed by atoms with van der Waals surface area (Å²) in [5.74, 6) is 0. The summed E-state index contributed by atoms with van der Waals surface area (Å²) in [6.45, 7) is 4.41. The molecule has 0 fully saturated rings. The van der Waals surface area contributed by atoms with Crippen molar-refractivity contribution in [2.75, 3.05) is 7.05 Å². The van der Waals surface area contributed by atoms with Crippen LogP contribution in [0.3, 0.4) is 0 Å². The van der Waals surface area contributed by atoms with Crippen molar-refractivity contribution in [3.8, 4) is 0 Å². The zero-order valence-corrected chi connectivity index (χ0v) is 5.58. The van der Waals surface area contributed by atoms with Crippen molar-refractivity contribution in [3.05, 3.63) is 0 Å². The molecule has 0 radical (unpaired) electrons. The first kappa shape index (κ1) is 6.39. The van der Waals surface area contributed by atoms with Gasteiger partial charge in [-0.1, -0.05) is 22.6 Å². The van der Waals surface area contributed by atoms with Crippen LogP contribution in [-0.2, 0) is 0 Å². The lowest BCUT2D eigenvalue weighted by atomic mass is 10.6. The van der Waals surface area contributed by atoms with Gasteiger partial charge in [-0.3, -0.25) is 0 Å². The normalized spacial score (nSPS) is 12.0. The van der Waals surface area contributed by atoms with Gasteiger partial charge in [0.05, 0.1) is 0 Å². The van der Waals surface area contributed by atoms with Crippen molar-refractivity contribution < 1.29 is 0 Å². The predicted molar refractivity (Wildman–Crippen MR) is 32.5 cm³/mol. The van der Waals surface area contributed by atoms with Crippen LogP contribution in [0.2, 0.25) is 0 Å². The summed E-state index contributed by atoms with van der Waals surface area (Å²) >= 11 is 0. The van der Waals surface area contributed by atoms with Gasteiger partial charge in [0.15, 0.2) is 0 Å². The van der Waals surface area contributed by atoms with Gasteiger partial charge in [-0.05, 0) is 12.7 Å². The maximum atomic E-state index is 3.09. The smallest absolute Gasteiger partial charge is 0.0127 e. The standard InChI is InChI=1S/C4H12NP/c1-4(2)6-5-3/h4-6H,1-3H3. The molecule has 0 saturated carbocycles. The number of nitrogens with one attached hydrogen (secondary N) is 1. The van der Waals surface area contributed by atoms with E-state index in [-0.39, 0.29) is 0 Å². The van der Waals surface area contributed by atoms with Gasteiger partial charge in [0.2, 0.25) is 0 Å². The fraction of sp³-hybridized carbons (Fsp3) is 1.00. The molecule has 0 aromatic heterocycles. The summed E-state index contributed by atoms with van der Waals surface area (Å²) in [5, 5.41) is 3.09. The van der Waals surface area contributed by atoms with Crippen molar-refractivity contribution in [2.45, 2.75) is 19.5 Å². The highest BCUT2D eigenvalue weighted by Crippen LogP contribution is 2.08. The van der Waals surface area contributed by atoms with Crippen molar-refractivity contribution >= 4 is 8.73 Å². The molecule has 1 N–H and O–H groups in total. The largest absolute Gasteiger partial charge is 0.301 e. The van der Waals surface area contributed by atoms with Gasteiger partial charge in [0.1, 0.15) is 0 Å². The maximum Gasteiger partial charge on any atom is -0.0127 e. The summed E-state index contributed by atoms with van der Waals surface area (Å²) in [6.07, 6.45) is 0. The van der Waals surface area contributed by atoms with Crippen LogP contribution in [0.4, 0.5) is 0 Å². The van der Waals surface area contributed by atoms with E-state index in [2.05, 4.69) is 18.9 Å². The van der Waals surface area contributed by atoms with E-state index in [9.17, 15) is 0 Å². The van der Waals surface area contributed by atoms with Crippen LogP contribution in [0.5, 0.6) is 0 Å². The molecular weight excluding hydrogens is 93.0 g/mol. The predicted octanol–water partition coefficient (Wildman–Crippen LogP) is 1.21. The molecule has 0 aliphatic heterocycles. The molecule has 0 aromatic rings. The monoisotopic (exact) mass is 105 g/mol. The Labute approximate surface area is 41.4 Å². The third kappa shape index (κ3) is 4.39. The molecule has 0 rings (SSSR count). The molecule has 38 valence electrons. The Balaban J connectivity index is 2.63. The van der Waals surface area contributed by atoms with Crippen LogP contribution in [0.15, 0.2) is 0 Å². The Kier molecular flexibility index (Phi) is 3.81. The van der Waals surface area contributed by atoms with E-state index in [1.54, 1.807) is 0 Å².